The van der Waals surface area contributed by atoms with Crippen molar-refractivity contribution in [3.05, 3.63) is 11.1 Å². The minimum atomic E-state index is 0.155. The van der Waals surface area contributed by atoms with E-state index in [1.165, 1.54) is 5.57 Å². The molecule has 0 aliphatic heterocycles. The molecule has 0 amide bonds. The number of aliphatic hydroxyl groups excluding tert-OH is 1. The first-order valence-electron chi connectivity index (χ1n) is 3.90. The predicted molar refractivity (Wildman–Crippen MR) is 46.5 cm³/mol. The number of methoxy groups -OCH3 is 1. The Labute approximate surface area is 68.9 Å². The van der Waals surface area contributed by atoms with E-state index in [1.54, 1.807) is 7.11 Å². The van der Waals surface area contributed by atoms with Gasteiger partial charge in [0, 0.05) is 7.11 Å². The Bertz CT molecular complexity index is 138. The molecular formula is C9H18O2. The van der Waals surface area contributed by atoms with Gasteiger partial charge >= 0.3 is 0 Å². The van der Waals surface area contributed by atoms with Gasteiger partial charge in [-0.25, -0.2) is 0 Å². The van der Waals surface area contributed by atoms with Crippen LogP contribution in [0.2, 0.25) is 0 Å². The van der Waals surface area contributed by atoms with Gasteiger partial charge < -0.3 is 9.84 Å². The van der Waals surface area contributed by atoms with E-state index in [9.17, 15) is 0 Å². The molecule has 0 aliphatic carbocycles. The lowest BCUT2D eigenvalue weighted by Crippen LogP contribution is -2.06. The summed E-state index contributed by atoms with van der Waals surface area (Å²) in [6, 6.07) is 0. The van der Waals surface area contributed by atoms with Gasteiger partial charge in [0.15, 0.2) is 0 Å². The fraction of sp³-hybridized carbons (Fsp3) is 0.778. The Kier molecular flexibility index (Phi) is 5.16. The zero-order valence-electron chi connectivity index (χ0n) is 7.85. The quantitative estimate of drug-likeness (QED) is 0.631. The largest absolute Gasteiger partial charge is 0.392 e. The predicted octanol–water partition coefficient (Wildman–Crippen LogP) is 1.74. The van der Waals surface area contributed by atoms with Crippen LogP contribution in [0.4, 0.5) is 0 Å². The molecule has 66 valence electrons. The molecule has 1 N–H and O–H groups in total. The van der Waals surface area contributed by atoms with Crippen molar-refractivity contribution in [3.8, 4) is 0 Å². The summed E-state index contributed by atoms with van der Waals surface area (Å²) in [4.78, 5) is 0. The second-order valence-corrected chi connectivity index (χ2v) is 2.97. The topological polar surface area (TPSA) is 29.5 Å². The van der Waals surface area contributed by atoms with Crippen molar-refractivity contribution >= 4 is 0 Å². The summed E-state index contributed by atoms with van der Waals surface area (Å²) in [6.07, 6.45) is 1.15. The van der Waals surface area contributed by atoms with E-state index in [0.29, 0.717) is 0 Å². The number of hydrogen-bond donors (Lipinski definition) is 1. The van der Waals surface area contributed by atoms with Crippen molar-refractivity contribution < 1.29 is 9.84 Å². The molecule has 2 heteroatoms. The molecule has 0 fully saturated rings. The van der Waals surface area contributed by atoms with Crippen molar-refractivity contribution in [2.75, 3.05) is 13.7 Å². The molecule has 0 saturated heterocycles. The van der Waals surface area contributed by atoms with Gasteiger partial charge in [0.05, 0.1) is 12.7 Å². The van der Waals surface area contributed by atoms with Gasteiger partial charge in [0.2, 0.25) is 0 Å². The lowest BCUT2D eigenvalue weighted by molar-refractivity contribution is 0.118. The monoisotopic (exact) mass is 158 g/mol. The standard InChI is InChI=1S/C9H18O2/c1-7(8(2)6-10)5-9(3)11-4/h9-10H,5-6H2,1-4H3. The zero-order valence-corrected chi connectivity index (χ0v) is 7.85. The van der Waals surface area contributed by atoms with E-state index in [0.717, 1.165) is 12.0 Å². The Morgan fingerprint density at radius 1 is 1.36 bits per heavy atom. The van der Waals surface area contributed by atoms with E-state index in [1.807, 2.05) is 20.8 Å². The van der Waals surface area contributed by atoms with Crippen LogP contribution in [0.25, 0.3) is 0 Å². The van der Waals surface area contributed by atoms with Crippen molar-refractivity contribution in [2.24, 2.45) is 0 Å². The van der Waals surface area contributed by atoms with Gasteiger partial charge in [0.1, 0.15) is 0 Å². The second-order valence-electron chi connectivity index (χ2n) is 2.97. The van der Waals surface area contributed by atoms with Crippen LogP contribution in [0, 0.1) is 0 Å². The summed E-state index contributed by atoms with van der Waals surface area (Å²) >= 11 is 0. The van der Waals surface area contributed by atoms with E-state index in [-0.39, 0.29) is 12.7 Å². The van der Waals surface area contributed by atoms with Crippen LogP contribution in [0.5, 0.6) is 0 Å². The third kappa shape index (κ3) is 4.17. The third-order valence-corrected chi connectivity index (χ3v) is 1.96. The van der Waals surface area contributed by atoms with Crippen LogP contribution in [0.3, 0.4) is 0 Å². The van der Waals surface area contributed by atoms with Crippen LogP contribution in [-0.4, -0.2) is 24.9 Å². The van der Waals surface area contributed by atoms with Crippen molar-refractivity contribution in [1.82, 2.24) is 0 Å². The molecule has 0 aliphatic rings. The summed E-state index contributed by atoms with van der Waals surface area (Å²) in [6.45, 7) is 6.15. The van der Waals surface area contributed by atoms with Gasteiger partial charge in [0.25, 0.3) is 0 Å². The normalized spacial score (nSPS) is 16.1. The fourth-order valence-corrected chi connectivity index (χ4v) is 0.824. The first-order chi connectivity index (χ1) is 5.11. The summed E-state index contributed by atoms with van der Waals surface area (Å²) in [5.74, 6) is 0. The summed E-state index contributed by atoms with van der Waals surface area (Å²) in [5.41, 5.74) is 2.27. The summed E-state index contributed by atoms with van der Waals surface area (Å²) < 4.78 is 5.10. The molecule has 0 heterocycles. The highest BCUT2D eigenvalue weighted by molar-refractivity contribution is 5.10. The maximum atomic E-state index is 8.79. The molecule has 2 nitrogen and oxygen atoms in total. The van der Waals surface area contributed by atoms with Gasteiger partial charge in [-0.3, -0.25) is 0 Å². The number of rotatable bonds is 4. The highest BCUT2D eigenvalue weighted by Gasteiger charge is 2.02. The third-order valence-electron chi connectivity index (χ3n) is 1.96. The zero-order chi connectivity index (χ0) is 8.85. The minimum absolute atomic E-state index is 0.155. The van der Waals surface area contributed by atoms with E-state index in [2.05, 4.69) is 0 Å². The van der Waals surface area contributed by atoms with Gasteiger partial charge in [-0.05, 0) is 32.8 Å². The maximum Gasteiger partial charge on any atom is 0.0641 e. The molecule has 0 bridgehead atoms. The number of hydrogen-bond acceptors (Lipinski definition) is 2. The molecule has 0 saturated carbocycles. The van der Waals surface area contributed by atoms with Crippen LogP contribution >= 0.6 is 0 Å². The maximum absolute atomic E-state index is 8.79. The molecule has 11 heavy (non-hydrogen) atoms. The molecule has 0 spiro atoms. The Balaban J connectivity index is 3.94. The molecule has 1 atom stereocenters. The van der Waals surface area contributed by atoms with Crippen LogP contribution < -0.4 is 0 Å². The summed E-state index contributed by atoms with van der Waals surface area (Å²) in [7, 11) is 1.70. The first kappa shape index (κ1) is 10.7. The number of aliphatic hydroxyl groups is 1. The molecule has 0 radical (unpaired) electrons. The van der Waals surface area contributed by atoms with E-state index < -0.39 is 0 Å². The van der Waals surface area contributed by atoms with Crippen LogP contribution in [0.1, 0.15) is 27.2 Å². The minimum Gasteiger partial charge on any atom is -0.392 e. The van der Waals surface area contributed by atoms with Crippen molar-refractivity contribution in [3.63, 3.8) is 0 Å². The van der Waals surface area contributed by atoms with Gasteiger partial charge in [-0.15, -0.1) is 0 Å². The molecule has 0 rings (SSSR count). The first-order valence-corrected chi connectivity index (χ1v) is 3.90. The smallest absolute Gasteiger partial charge is 0.0641 e. The van der Waals surface area contributed by atoms with Crippen molar-refractivity contribution in [2.45, 2.75) is 33.3 Å². The van der Waals surface area contributed by atoms with Gasteiger partial charge in [-0.1, -0.05) is 5.57 Å². The lowest BCUT2D eigenvalue weighted by Gasteiger charge is -2.11. The highest BCUT2D eigenvalue weighted by atomic mass is 16.5. The second kappa shape index (κ2) is 5.33. The van der Waals surface area contributed by atoms with Crippen LogP contribution in [0.15, 0.2) is 11.1 Å². The molecule has 1 unspecified atom stereocenters. The average molecular weight is 158 g/mol. The average Bonchev–Trinajstić information content (AvgIpc) is 2.02. The fourth-order valence-electron chi connectivity index (χ4n) is 0.824. The molecular weight excluding hydrogens is 140 g/mol. The van der Waals surface area contributed by atoms with Crippen LogP contribution in [-0.2, 0) is 4.74 Å². The van der Waals surface area contributed by atoms with E-state index in [4.69, 9.17) is 9.84 Å². The molecule has 0 aromatic heterocycles. The molecule has 0 aromatic rings. The summed E-state index contributed by atoms with van der Waals surface area (Å²) in [5, 5.41) is 8.79. The van der Waals surface area contributed by atoms with E-state index >= 15 is 0 Å². The SMILES string of the molecule is COC(C)CC(C)=C(C)CO. The highest BCUT2D eigenvalue weighted by Crippen LogP contribution is 2.11. The Morgan fingerprint density at radius 3 is 2.27 bits per heavy atom. The van der Waals surface area contributed by atoms with Gasteiger partial charge in [-0.2, -0.15) is 0 Å². The Hall–Kier alpha value is -0.340. The molecule has 0 aromatic carbocycles. The number of ether oxygens (including phenoxy) is 1. The Morgan fingerprint density at radius 2 is 1.91 bits per heavy atom. The lowest BCUT2D eigenvalue weighted by atomic mass is 10.1. The van der Waals surface area contributed by atoms with Crippen molar-refractivity contribution in [1.29, 1.82) is 0 Å².